The average molecular weight is 261 g/mol. The predicted octanol–water partition coefficient (Wildman–Crippen LogP) is 1.47. The molecule has 1 saturated heterocycles. The van der Waals surface area contributed by atoms with Gasteiger partial charge < -0.3 is 14.4 Å². The quantitative estimate of drug-likeness (QED) is 0.768. The van der Waals surface area contributed by atoms with Crippen LogP contribution in [0.5, 0.6) is 11.5 Å². The van der Waals surface area contributed by atoms with Crippen molar-refractivity contribution in [1.82, 2.24) is 4.90 Å². The molecule has 0 aliphatic carbocycles. The molecular formula is C14H15NO4. The molecule has 19 heavy (non-hydrogen) atoms. The summed E-state index contributed by atoms with van der Waals surface area (Å²) in [5.74, 6) is 1.37. The van der Waals surface area contributed by atoms with Gasteiger partial charge in [-0.2, -0.15) is 0 Å². The van der Waals surface area contributed by atoms with Crippen molar-refractivity contribution in [3.8, 4) is 11.5 Å². The Labute approximate surface area is 111 Å². The molecule has 5 nitrogen and oxygen atoms in total. The van der Waals surface area contributed by atoms with Crippen LogP contribution in [0.1, 0.15) is 23.7 Å². The van der Waals surface area contributed by atoms with Crippen LogP contribution in [0.15, 0.2) is 18.2 Å². The fourth-order valence-electron chi connectivity index (χ4n) is 2.41. The van der Waals surface area contributed by atoms with Gasteiger partial charge in [0.1, 0.15) is 5.78 Å². The highest BCUT2D eigenvalue weighted by molar-refractivity contribution is 5.96. The van der Waals surface area contributed by atoms with E-state index in [4.69, 9.17) is 9.47 Å². The normalized spacial score (nSPS) is 21.6. The number of nitrogens with zero attached hydrogens (tertiary/aromatic N) is 1. The molecule has 0 aromatic heterocycles. The number of likely N-dealkylation sites (tertiary alicyclic amines) is 1. The molecule has 3 rings (SSSR count). The Balaban J connectivity index is 1.79. The van der Waals surface area contributed by atoms with E-state index in [9.17, 15) is 9.59 Å². The smallest absolute Gasteiger partial charge is 0.254 e. The summed E-state index contributed by atoms with van der Waals surface area (Å²) in [6, 6.07) is 5.18. The number of ketones is 1. The minimum atomic E-state index is -0.0771. The molecule has 2 aliphatic heterocycles. The van der Waals surface area contributed by atoms with Crippen molar-refractivity contribution in [1.29, 1.82) is 0 Å². The third kappa shape index (κ3) is 2.16. The van der Waals surface area contributed by atoms with Crippen molar-refractivity contribution in [3.05, 3.63) is 23.8 Å². The second kappa shape index (κ2) is 4.57. The molecule has 1 fully saturated rings. The topological polar surface area (TPSA) is 55.8 Å². The average Bonchev–Trinajstić information content (AvgIpc) is 2.88. The van der Waals surface area contributed by atoms with Crippen molar-refractivity contribution in [2.75, 3.05) is 19.9 Å². The van der Waals surface area contributed by atoms with E-state index in [1.165, 1.54) is 0 Å². The second-order valence-electron chi connectivity index (χ2n) is 4.94. The molecule has 2 aliphatic rings. The van der Waals surface area contributed by atoms with Crippen molar-refractivity contribution in [2.24, 2.45) is 5.92 Å². The number of hydrogen-bond donors (Lipinski definition) is 0. The number of rotatable bonds is 1. The van der Waals surface area contributed by atoms with E-state index in [-0.39, 0.29) is 24.4 Å². The van der Waals surface area contributed by atoms with Gasteiger partial charge in [-0.3, -0.25) is 9.59 Å². The summed E-state index contributed by atoms with van der Waals surface area (Å²) in [4.78, 5) is 25.6. The molecule has 2 heterocycles. The van der Waals surface area contributed by atoms with Crippen LogP contribution in [0.3, 0.4) is 0 Å². The van der Waals surface area contributed by atoms with Gasteiger partial charge in [-0.05, 0) is 18.2 Å². The van der Waals surface area contributed by atoms with Crippen LogP contribution in [0.2, 0.25) is 0 Å². The summed E-state index contributed by atoms with van der Waals surface area (Å²) in [7, 11) is 0. The number of carbonyl (C=O) groups is 2. The van der Waals surface area contributed by atoms with Crippen LogP contribution in [-0.2, 0) is 4.79 Å². The van der Waals surface area contributed by atoms with E-state index in [1.54, 1.807) is 23.1 Å². The lowest BCUT2D eigenvalue weighted by Crippen LogP contribution is -2.43. The van der Waals surface area contributed by atoms with E-state index in [2.05, 4.69) is 0 Å². The Morgan fingerprint density at radius 3 is 2.89 bits per heavy atom. The van der Waals surface area contributed by atoms with Crippen LogP contribution in [0.4, 0.5) is 0 Å². The number of amides is 1. The van der Waals surface area contributed by atoms with Crippen LogP contribution in [-0.4, -0.2) is 36.5 Å². The van der Waals surface area contributed by atoms with Gasteiger partial charge in [0, 0.05) is 31.0 Å². The van der Waals surface area contributed by atoms with Gasteiger partial charge >= 0.3 is 0 Å². The number of piperidine rings is 1. The van der Waals surface area contributed by atoms with Crippen LogP contribution < -0.4 is 9.47 Å². The SMILES string of the molecule is CC1CN(C(=O)c2ccc3c(c2)OCO3)CCC1=O. The molecule has 0 radical (unpaired) electrons. The van der Waals surface area contributed by atoms with Gasteiger partial charge in [-0.25, -0.2) is 0 Å². The summed E-state index contributed by atoms with van der Waals surface area (Å²) in [5, 5.41) is 0. The van der Waals surface area contributed by atoms with Crippen molar-refractivity contribution in [3.63, 3.8) is 0 Å². The lowest BCUT2D eigenvalue weighted by Gasteiger charge is -2.30. The summed E-state index contributed by atoms with van der Waals surface area (Å²) in [6.45, 7) is 3.05. The molecule has 0 saturated carbocycles. The number of benzene rings is 1. The number of carbonyl (C=O) groups excluding carboxylic acids is 2. The number of fused-ring (bicyclic) bond motifs is 1. The Morgan fingerprint density at radius 1 is 1.32 bits per heavy atom. The fraction of sp³-hybridized carbons (Fsp3) is 0.429. The summed E-state index contributed by atoms with van der Waals surface area (Å²) in [5.41, 5.74) is 0.575. The highest BCUT2D eigenvalue weighted by Crippen LogP contribution is 2.33. The molecular weight excluding hydrogens is 246 g/mol. The lowest BCUT2D eigenvalue weighted by atomic mass is 9.98. The van der Waals surface area contributed by atoms with Crippen LogP contribution in [0, 0.1) is 5.92 Å². The van der Waals surface area contributed by atoms with Gasteiger partial charge in [-0.15, -0.1) is 0 Å². The maximum absolute atomic E-state index is 12.4. The molecule has 1 atom stereocenters. The van der Waals surface area contributed by atoms with E-state index < -0.39 is 0 Å². The summed E-state index contributed by atoms with van der Waals surface area (Å²) < 4.78 is 10.5. The first kappa shape index (κ1) is 12.0. The highest BCUT2D eigenvalue weighted by Gasteiger charge is 2.28. The Kier molecular flexibility index (Phi) is 2.89. The van der Waals surface area contributed by atoms with E-state index in [0.717, 1.165) is 0 Å². The molecule has 1 aromatic rings. The van der Waals surface area contributed by atoms with E-state index in [1.807, 2.05) is 6.92 Å². The van der Waals surface area contributed by atoms with Crippen molar-refractivity contribution < 1.29 is 19.1 Å². The molecule has 100 valence electrons. The zero-order valence-corrected chi connectivity index (χ0v) is 10.7. The minimum Gasteiger partial charge on any atom is -0.454 e. The second-order valence-corrected chi connectivity index (χ2v) is 4.94. The first-order valence-electron chi connectivity index (χ1n) is 6.37. The molecule has 0 bridgehead atoms. The first-order chi connectivity index (χ1) is 9.15. The molecule has 0 spiro atoms. The molecule has 5 heteroatoms. The van der Waals surface area contributed by atoms with Crippen molar-refractivity contribution in [2.45, 2.75) is 13.3 Å². The largest absolute Gasteiger partial charge is 0.454 e. The number of hydrogen-bond acceptors (Lipinski definition) is 4. The first-order valence-corrected chi connectivity index (χ1v) is 6.37. The Morgan fingerprint density at radius 2 is 2.11 bits per heavy atom. The van der Waals surface area contributed by atoms with Gasteiger partial charge in [0.2, 0.25) is 6.79 Å². The van der Waals surface area contributed by atoms with E-state index in [0.29, 0.717) is 36.6 Å². The van der Waals surface area contributed by atoms with Gasteiger partial charge in [0.15, 0.2) is 11.5 Å². The van der Waals surface area contributed by atoms with Crippen LogP contribution in [0.25, 0.3) is 0 Å². The molecule has 1 aromatic carbocycles. The van der Waals surface area contributed by atoms with Gasteiger partial charge in [0.25, 0.3) is 5.91 Å². The minimum absolute atomic E-state index is 0.0577. The Bertz CT molecular complexity index is 540. The maximum Gasteiger partial charge on any atom is 0.254 e. The molecule has 0 N–H and O–H groups in total. The van der Waals surface area contributed by atoms with Crippen LogP contribution >= 0.6 is 0 Å². The standard InChI is InChI=1S/C14H15NO4/c1-9-7-15(5-4-11(9)16)14(17)10-2-3-12-13(6-10)19-8-18-12/h2-3,6,9H,4-5,7-8H2,1H3. The van der Waals surface area contributed by atoms with E-state index >= 15 is 0 Å². The van der Waals surface area contributed by atoms with Crippen molar-refractivity contribution >= 4 is 11.7 Å². The third-order valence-electron chi connectivity index (χ3n) is 3.58. The number of ether oxygens (including phenoxy) is 2. The zero-order valence-electron chi connectivity index (χ0n) is 10.7. The third-order valence-corrected chi connectivity index (χ3v) is 3.58. The summed E-state index contributed by atoms with van der Waals surface area (Å²) >= 11 is 0. The predicted molar refractivity (Wildman–Crippen MR) is 67.3 cm³/mol. The lowest BCUT2D eigenvalue weighted by molar-refractivity contribution is -0.124. The highest BCUT2D eigenvalue weighted by atomic mass is 16.7. The maximum atomic E-state index is 12.4. The Hall–Kier alpha value is -2.04. The number of Topliss-reactive ketones (excluding diaryl/α,β-unsaturated/α-hetero) is 1. The fourth-order valence-corrected chi connectivity index (χ4v) is 2.41. The van der Waals surface area contributed by atoms with Gasteiger partial charge in [0.05, 0.1) is 0 Å². The summed E-state index contributed by atoms with van der Waals surface area (Å²) in [6.07, 6.45) is 0.442. The van der Waals surface area contributed by atoms with Gasteiger partial charge in [-0.1, -0.05) is 6.92 Å². The molecule has 1 amide bonds. The monoisotopic (exact) mass is 261 g/mol. The molecule has 1 unspecified atom stereocenters. The zero-order chi connectivity index (χ0) is 13.4.